The molecule has 1 unspecified atom stereocenters. The van der Waals surface area contributed by atoms with Crippen LogP contribution in [0.1, 0.15) is 19.4 Å². The lowest BCUT2D eigenvalue weighted by atomic mass is 9.99. The molecule has 0 spiro atoms. The van der Waals surface area contributed by atoms with Crippen molar-refractivity contribution in [2.45, 2.75) is 26.4 Å². The van der Waals surface area contributed by atoms with Gasteiger partial charge in [-0.25, -0.2) is 0 Å². The van der Waals surface area contributed by atoms with Crippen molar-refractivity contribution >= 4 is 15.9 Å². The molecule has 2 heteroatoms. The molecule has 1 rings (SSSR count). The Morgan fingerprint density at radius 2 is 1.92 bits per heavy atom. The van der Waals surface area contributed by atoms with E-state index < -0.39 is 0 Å². The van der Waals surface area contributed by atoms with Crippen LogP contribution in [0, 0.1) is 5.92 Å². The van der Waals surface area contributed by atoms with Gasteiger partial charge in [-0.05, 0) is 24.0 Å². The predicted octanol–water partition coefficient (Wildman–Crippen LogP) is 3.01. The summed E-state index contributed by atoms with van der Waals surface area (Å²) in [5.74, 6) is 0.312. The first-order valence-corrected chi connectivity index (χ1v) is 5.32. The second-order valence-electron chi connectivity index (χ2n) is 3.61. The minimum absolute atomic E-state index is 0.251. The van der Waals surface area contributed by atoms with Crippen molar-refractivity contribution in [3.05, 3.63) is 34.3 Å². The Bertz CT molecular complexity index is 271. The summed E-state index contributed by atoms with van der Waals surface area (Å²) < 4.78 is 1.08. The molecule has 1 aromatic carbocycles. The van der Waals surface area contributed by atoms with E-state index >= 15 is 0 Å². The van der Waals surface area contributed by atoms with Gasteiger partial charge in [-0.1, -0.05) is 48.0 Å². The lowest BCUT2D eigenvalue weighted by molar-refractivity contribution is 0.125. The quantitative estimate of drug-likeness (QED) is 0.865. The number of hydrogen-bond donors (Lipinski definition) is 1. The molecule has 0 fully saturated rings. The molecule has 1 atom stereocenters. The van der Waals surface area contributed by atoms with E-state index in [4.69, 9.17) is 0 Å². The molecule has 1 nitrogen and oxygen atoms in total. The van der Waals surface area contributed by atoms with Crippen molar-refractivity contribution in [3.8, 4) is 0 Å². The van der Waals surface area contributed by atoms with Crippen LogP contribution in [0.15, 0.2) is 28.7 Å². The fraction of sp³-hybridized carbons (Fsp3) is 0.455. The predicted molar refractivity (Wildman–Crippen MR) is 58.7 cm³/mol. The Hall–Kier alpha value is -0.340. The molecule has 13 heavy (non-hydrogen) atoms. The highest BCUT2D eigenvalue weighted by Gasteiger charge is 2.11. The van der Waals surface area contributed by atoms with Gasteiger partial charge in [-0.15, -0.1) is 0 Å². The summed E-state index contributed by atoms with van der Waals surface area (Å²) in [5.41, 5.74) is 1.17. The molecular weight excluding hydrogens is 228 g/mol. The van der Waals surface area contributed by atoms with Gasteiger partial charge in [0, 0.05) is 4.47 Å². The molecule has 0 aliphatic rings. The first-order valence-electron chi connectivity index (χ1n) is 4.52. The lowest BCUT2D eigenvalue weighted by Crippen LogP contribution is -2.17. The zero-order chi connectivity index (χ0) is 9.84. The highest BCUT2D eigenvalue weighted by atomic mass is 79.9. The maximum absolute atomic E-state index is 9.68. The average Bonchev–Trinajstić information content (AvgIpc) is 2.08. The number of benzene rings is 1. The van der Waals surface area contributed by atoms with Crippen molar-refractivity contribution in [3.63, 3.8) is 0 Å². The standard InChI is InChI=1S/C11H15BrO/c1-8(2)11(13)7-9-5-3-4-6-10(9)12/h3-6,8,11,13H,7H2,1-2H3. The third-order valence-electron chi connectivity index (χ3n) is 2.16. The highest BCUT2D eigenvalue weighted by molar-refractivity contribution is 9.10. The third-order valence-corrected chi connectivity index (χ3v) is 2.93. The second kappa shape index (κ2) is 4.77. The number of halogens is 1. The molecule has 0 saturated heterocycles. The van der Waals surface area contributed by atoms with Crippen molar-refractivity contribution in [2.75, 3.05) is 0 Å². The lowest BCUT2D eigenvalue weighted by Gasteiger charge is -2.14. The largest absolute Gasteiger partial charge is 0.393 e. The molecule has 0 aromatic heterocycles. The van der Waals surface area contributed by atoms with E-state index in [2.05, 4.69) is 15.9 Å². The third kappa shape index (κ3) is 3.12. The van der Waals surface area contributed by atoms with Crippen LogP contribution in [0.5, 0.6) is 0 Å². The van der Waals surface area contributed by atoms with Crippen molar-refractivity contribution in [1.29, 1.82) is 0 Å². The number of aliphatic hydroxyl groups excluding tert-OH is 1. The summed E-state index contributed by atoms with van der Waals surface area (Å²) in [6.07, 6.45) is 0.470. The van der Waals surface area contributed by atoms with Gasteiger partial charge in [-0.2, -0.15) is 0 Å². The van der Waals surface area contributed by atoms with Gasteiger partial charge < -0.3 is 5.11 Å². The van der Waals surface area contributed by atoms with Gasteiger partial charge in [0.05, 0.1) is 6.10 Å². The summed E-state index contributed by atoms with van der Waals surface area (Å²) in [6, 6.07) is 8.01. The first-order chi connectivity index (χ1) is 6.11. The van der Waals surface area contributed by atoms with Crippen LogP contribution in [0.2, 0.25) is 0 Å². The maximum Gasteiger partial charge on any atom is 0.0603 e. The number of hydrogen-bond acceptors (Lipinski definition) is 1. The van der Waals surface area contributed by atoms with E-state index in [1.807, 2.05) is 38.1 Å². The zero-order valence-corrected chi connectivity index (χ0v) is 9.58. The van der Waals surface area contributed by atoms with E-state index in [0.717, 1.165) is 10.9 Å². The average molecular weight is 243 g/mol. The fourth-order valence-electron chi connectivity index (χ4n) is 1.12. The van der Waals surface area contributed by atoms with Gasteiger partial charge in [0.1, 0.15) is 0 Å². The molecule has 0 aliphatic carbocycles. The molecule has 0 bridgehead atoms. The van der Waals surface area contributed by atoms with Crippen molar-refractivity contribution in [2.24, 2.45) is 5.92 Å². The normalized spacial score (nSPS) is 13.3. The smallest absolute Gasteiger partial charge is 0.0603 e. The Morgan fingerprint density at radius 1 is 1.31 bits per heavy atom. The van der Waals surface area contributed by atoms with Crippen LogP contribution < -0.4 is 0 Å². The summed E-state index contributed by atoms with van der Waals surface area (Å²) in [5, 5.41) is 9.68. The minimum Gasteiger partial charge on any atom is -0.393 e. The Balaban J connectivity index is 2.69. The Labute approximate surface area is 87.9 Å². The van der Waals surface area contributed by atoms with Gasteiger partial charge in [0.15, 0.2) is 0 Å². The minimum atomic E-state index is -0.251. The maximum atomic E-state index is 9.68. The van der Waals surface area contributed by atoms with Crippen LogP contribution in [0.4, 0.5) is 0 Å². The number of aliphatic hydroxyl groups is 1. The van der Waals surface area contributed by atoms with Crippen molar-refractivity contribution < 1.29 is 5.11 Å². The van der Waals surface area contributed by atoms with E-state index in [1.54, 1.807) is 0 Å². The molecule has 1 N–H and O–H groups in total. The van der Waals surface area contributed by atoms with Crippen LogP contribution in [0.3, 0.4) is 0 Å². The molecule has 0 amide bonds. The van der Waals surface area contributed by atoms with Gasteiger partial charge in [0.2, 0.25) is 0 Å². The van der Waals surface area contributed by atoms with Crippen LogP contribution >= 0.6 is 15.9 Å². The summed E-state index contributed by atoms with van der Waals surface area (Å²) >= 11 is 3.46. The van der Waals surface area contributed by atoms with Crippen LogP contribution in [0.25, 0.3) is 0 Å². The zero-order valence-electron chi connectivity index (χ0n) is 8.00. The molecule has 1 aromatic rings. The summed E-state index contributed by atoms with van der Waals surface area (Å²) in [6.45, 7) is 4.06. The van der Waals surface area contributed by atoms with Crippen molar-refractivity contribution in [1.82, 2.24) is 0 Å². The first kappa shape index (κ1) is 10.7. The highest BCUT2D eigenvalue weighted by Crippen LogP contribution is 2.19. The van der Waals surface area contributed by atoms with E-state index in [0.29, 0.717) is 5.92 Å². The fourth-order valence-corrected chi connectivity index (χ4v) is 1.57. The van der Waals surface area contributed by atoms with Gasteiger partial charge >= 0.3 is 0 Å². The second-order valence-corrected chi connectivity index (χ2v) is 4.46. The van der Waals surface area contributed by atoms with E-state index in [1.165, 1.54) is 5.56 Å². The molecule has 0 saturated carbocycles. The van der Waals surface area contributed by atoms with Gasteiger partial charge in [0.25, 0.3) is 0 Å². The van der Waals surface area contributed by atoms with E-state index in [9.17, 15) is 5.11 Å². The molecule has 0 heterocycles. The topological polar surface area (TPSA) is 20.2 Å². The monoisotopic (exact) mass is 242 g/mol. The number of rotatable bonds is 3. The summed E-state index contributed by atoms with van der Waals surface area (Å²) in [7, 11) is 0. The Morgan fingerprint density at radius 3 is 2.46 bits per heavy atom. The molecule has 72 valence electrons. The molecule has 0 aliphatic heterocycles. The van der Waals surface area contributed by atoms with Crippen LogP contribution in [-0.2, 0) is 6.42 Å². The van der Waals surface area contributed by atoms with E-state index in [-0.39, 0.29) is 6.10 Å². The SMILES string of the molecule is CC(C)C(O)Cc1ccccc1Br. The van der Waals surface area contributed by atoms with Crippen LogP contribution in [-0.4, -0.2) is 11.2 Å². The van der Waals surface area contributed by atoms with Gasteiger partial charge in [-0.3, -0.25) is 0 Å². The Kier molecular flexibility index (Phi) is 3.94. The molecule has 0 radical (unpaired) electrons. The molecular formula is C11H15BrO. The summed E-state index contributed by atoms with van der Waals surface area (Å²) in [4.78, 5) is 0.